The second-order valence-electron chi connectivity index (χ2n) is 8.82. The Morgan fingerprint density at radius 2 is 0.528 bits per heavy atom. The van der Waals surface area contributed by atoms with E-state index in [1.165, 1.54) is 44.2 Å². The molecular formula is C36H44. The SMILES string of the molecule is CC.Cc1ccc(C)cc1.Cc1ccc2cc(C)ccc2c1.Cc1ccccc1.Cc1ccccc1. The first-order valence-corrected chi connectivity index (χ1v) is 12.9. The molecular weight excluding hydrogens is 432 g/mol. The number of benzene rings is 5. The van der Waals surface area contributed by atoms with Crippen LogP contribution in [0.15, 0.2) is 121 Å². The molecule has 0 heteroatoms. The van der Waals surface area contributed by atoms with Crippen molar-refractivity contribution < 1.29 is 0 Å². The normalized spacial score (nSPS) is 9.11. The molecule has 0 amide bonds. The van der Waals surface area contributed by atoms with Crippen LogP contribution in [0.4, 0.5) is 0 Å². The number of aryl methyl sites for hydroxylation is 6. The van der Waals surface area contributed by atoms with E-state index in [-0.39, 0.29) is 0 Å². The van der Waals surface area contributed by atoms with Gasteiger partial charge in [0.1, 0.15) is 0 Å². The maximum Gasteiger partial charge on any atom is -0.0181 e. The van der Waals surface area contributed by atoms with Gasteiger partial charge in [-0.05, 0) is 52.3 Å². The summed E-state index contributed by atoms with van der Waals surface area (Å²) in [4.78, 5) is 0. The van der Waals surface area contributed by atoms with Crippen molar-refractivity contribution >= 4 is 10.8 Å². The van der Waals surface area contributed by atoms with Gasteiger partial charge in [0, 0.05) is 0 Å². The maximum atomic E-state index is 2.22. The summed E-state index contributed by atoms with van der Waals surface area (Å²) in [5.41, 5.74) is 7.95. The average Bonchev–Trinajstić information content (AvgIpc) is 2.89. The van der Waals surface area contributed by atoms with Gasteiger partial charge in [0.25, 0.3) is 0 Å². The minimum Gasteiger partial charge on any atom is -0.0683 e. The molecule has 0 spiro atoms. The van der Waals surface area contributed by atoms with Crippen molar-refractivity contribution in [2.45, 2.75) is 55.4 Å². The Hall–Kier alpha value is -3.64. The van der Waals surface area contributed by atoms with Crippen molar-refractivity contribution in [1.29, 1.82) is 0 Å². The average molecular weight is 477 g/mol. The quantitative estimate of drug-likeness (QED) is 0.208. The number of hydrogen-bond acceptors (Lipinski definition) is 0. The van der Waals surface area contributed by atoms with Gasteiger partial charge < -0.3 is 0 Å². The van der Waals surface area contributed by atoms with Crippen molar-refractivity contribution in [3.05, 3.63) is 155 Å². The molecule has 0 aliphatic heterocycles. The Labute approximate surface area is 220 Å². The summed E-state index contributed by atoms with van der Waals surface area (Å²) in [7, 11) is 0. The molecule has 0 aliphatic carbocycles. The van der Waals surface area contributed by atoms with Crippen molar-refractivity contribution in [2.24, 2.45) is 0 Å². The fourth-order valence-electron chi connectivity index (χ4n) is 3.19. The highest BCUT2D eigenvalue weighted by atomic mass is 14.0. The minimum atomic E-state index is 1.32. The highest BCUT2D eigenvalue weighted by Crippen LogP contribution is 2.16. The van der Waals surface area contributed by atoms with Gasteiger partial charge in [0.2, 0.25) is 0 Å². The van der Waals surface area contributed by atoms with E-state index in [1.54, 1.807) is 0 Å². The second-order valence-corrected chi connectivity index (χ2v) is 8.82. The lowest BCUT2D eigenvalue weighted by Gasteiger charge is -1.99. The molecule has 0 saturated carbocycles. The molecule has 0 N–H and O–H groups in total. The topological polar surface area (TPSA) is 0 Å². The lowest BCUT2D eigenvalue weighted by Crippen LogP contribution is -1.76. The molecule has 0 heterocycles. The molecule has 0 unspecified atom stereocenters. The zero-order valence-electron chi connectivity index (χ0n) is 23.5. The van der Waals surface area contributed by atoms with Crippen LogP contribution in [0.25, 0.3) is 10.8 Å². The molecule has 0 bridgehead atoms. The van der Waals surface area contributed by atoms with Crippen molar-refractivity contribution in [1.82, 2.24) is 0 Å². The molecule has 5 rings (SSSR count). The number of rotatable bonds is 0. The monoisotopic (exact) mass is 476 g/mol. The van der Waals surface area contributed by atoms with E-state index in [2.05, 4.69) is 126 Å². The van der Waals surface area contributed by atoms with Gasteiger partial charge in [-0.1, -0.05) is 169 Å². The third kappa shape index (κ3) is 13.3. The molecule has 0 saturated heterocycles. The molecule has 0 atom stereocenters. The van der Waals surface area contributed by atoms with Gasteiger partial charge >= 0.3 is 0 Å². The Kier molecular flexibility index (Phi) is 15.0. The van der Waals surface area contributed by atoms with Crippen LogP contribution in [0, 0.1) is 41.5 Å². The van der Waals surface area contributed by atoms with E-state index in [4.69, 9.17) is 0 Å². The molecule has 0 nitrogen and oxygen atoms in total. The van der Waals surface area contributed by atoms with Gasteiger partial charge in [0.15, 0.2) is 0 Å². The van der Waals surface area contributed by atoms with Crippen LogP contribution < -0.4 is 0 Å². The Balaban J connectivity index is 0.000000241. The third-order valence-corrected chi connectivity index (χ3v) is 5.25. The predicted molar refractivity (Wildman–Crippen MR) is 163 cm³/mol. The van der Waals surface area contributed by atoms with Crippen LogP contribution >= 0.6 is 0 Å². The largest absolute Gasteiger partial charge is 0.0683 e. The zero-order chi connectivity index (χ0) is 26.8. The fourth-order valence-corrected chi connectivity index (χ4v) is 3.19. The van der Waals surface area contributed by atoms with Crippen molar-refractivity contribution in [3.8, 4) is 0 Å². The summed E-state index contributed by atoms with van der Waals surface area (Å²) in [6, 6.07) is 42.1. The van der Waals surface area contributed by atoms with Gasteiger partial charge in [-0.2, -0.15) is 0 Å². The Morgan fingerprint density at radius 3 is 0.778 bits per heavy atom. The summed E-state index contributed by atoms with van der Waals surface area (Å²) >= 11 is 0. The maximum absolute atomic E-state index is 2.22. The molecule has 0 aliphatic rings. The first-order valence-electron chi connectivity index (χ1n) is 12.9. The van der Waals surface area contributed by atoms with E-state index in [0.717, 1.165) is 0 Å². The van der Waals surface area contributed by atoms with Gasteiger partial charge in [-0.15, -0.1) is 0 Å². The summed E-state index contributed by atoms with van der Waals surface area (Å²) in [5, 5.41) is 2.67. The summed E-state index contributed by atoms with van der Waals surface area (Å²) in [5.74, 6) is 0. The molecule has 36 heavy (non-hydrogen) atoms. The van der Waals surface area contributed by atoms with Crippen LogP contribution in [-0.2, 0) is 0 Å². The minimum absolute atomic E-state index is 1.32. The molecule has 188 valence electrons. The predicted octanol–water partition coefficient (Wildman–Crippen LogP) is 10.8. The Morgan fingerprint density at radius 1 is 0.278 bits per heavy atom. The lowest BCUT2D eigenvalue weighted by atomic mass is 10.1. The first kappa shape index (κ1) is 30.4. The van der Waals surface area contributed by atoms with Crippen LogP contribution in [0.3, 0.4) is 0 Å². The summed E-state index contributed by atoms with van der Waals surface area (Å²) in [6.07, 6.45) is 0. The van der Waals surface area contributed by atoms with E-state index >= 15 is 0 Å². The van der Waals surface area contributed by atoms with Crippen molar-refractivity contribution in [3.63, 3.8) is 0 Å². The second kappa shape index (κ2) is 17.7. The molecule has 0 radical (unpaired) electrons. The fraction of sp³-hybridized carbons (Fsp3) is 0.222. The van der Waals surface area contributed by atoms with E-state index in [0.29, 0.717) is 0 Å². The van der Waals surface area contributed by atoms with Crippen LogP contribution in [-0.4, -0.2) is 0 Å². The highest BCUT2D eigenvalue weighted by Gasteiger charge is 1.92. The number of hydrogen-bond donors (Lipinski definition) is 0. The highest BCUT2D eigenvalue weighted by molar-refractivity contribution is 5.83. The molecule has 5 aromatic carbocycles. The summed E-state index contributed by atoms with van der Waals surface area (Å²) in [6.45, 7) is 16.6. The van der Waals surface area contributed by atoms with E-state index < -0.39 is 0 Å². The standard InChI is InChI=1S/C12H12.C8H10.2C7H8.C2H6/c1-9-3-5-12-8-10(2)4-6-11(12)7-9;1-7-3-5-8(2)6-4-7;2*1-7-5-3-2-4-6-7;1-2/h3-8H,1-2H3;3-6H,1-2H3;2*2-6H,1H3;1-2H3. The smallest absolute Gasteiger partial charge is 0.0181 e. The number of fused-ring (bicyclic) bond motifs is 1. The first-order chi connectivity index (χ1) is 17.3. The van der Waals surface area contributed by atoms with Crippen molar-refractivity contribution in [2.75, 3.05) is 0 Å². The van der Waals surface area contributed by atoms with E-state index in [1.807, 2.05) is 50.2 Å². The van der Waals surface area contributed by atoms with Crippen LogP contribution in [0.2, 0.25) is 0 Å². The Bertz CT molecular complexity index is 1120. The molecule has 5 aromatic rings. The van der Waals surface area contributed by atoms with E-state index in [9.17, 15) is 0 Å². The van der Waals surface area contributed by atoms with Gasteiger partial charge in [-0.3, -0.25) is 0 Å². The van der Waals surface area contributed by atoms with Crippen LogP contribution in [0.5, 0.6) is 0 Å². The van der Waals surface area contributed by atoms with Crippen LogP contribution in [0.1, 0.15) is 47.2 Å². The van der Waals surface area contributed by atoms with Gasteiger partial charge in [0.05, 0.1) is 0 Å². The molecule has 0 fully saturated rings. The lowest BCUT2D eigenvalue weighted by molar-refractivity contribution is 1.40. The zero-order valence-corrected chi connectivity index (χ0v) is 23.5. The molecule has 0 aromatic heterocycles. The van der Waals surface area contributed by atoms with Gasteiger partial charge in [-0.25, -0.2) is 0 Å². The summed E-state index contributed by atoms with van der Waals surface area (Å²) < 4.78 is 0. The third-order valence-electron chi connectivity index (χ3n) is 5.25.